The Morgan fingerprint density at radius 3 is 2.07 bits per heavy atom. The van der Waals surface area contributed by atoms with E-state index in [2.05, 4.69) is 47.8 Å². The summed E-state index contributed by atoms with van der Waals surface area (Å²) in [5.74, 6) is 0. The van der Waals surface area contributed by atoms with Crippen LogP contribution in [-0.2, 0) is 4.57 Å². The summed E-state index contributed by atoms with van der Waals surface area (Å²) >= 11 is 15.5. The Kier molecular flexibility index (Phi) is 5.70. The van der Waals surface area contributed by atoms with E-state index in [1.165, 1.54) is 0 Å². The molecule has 0 bridgehead atoms. The lowest BCUT2D eigenvalue weighted by molar-refractivity contribution is 0.363. The Labute approximate surface area is 114 Å². The van der Waals surface area contributed by atoms with Crippen LogP contribution in [-0.4, -0.2) is 22.5 Å². The van der Waals surface area contributed by atoms with Crippen LogP contribution in [0.4, 0.5) is 0 Å². The highest BCUT2D eigenvalue weighted by atomic mass is 79.9. The quantitative estimate of drug-likeness (QED) is 0.520. The minimum atomic E-state index is -4.28. The van der Waals surface area contributed by atoms with Gasteiger partial charge in [-0.3, -0.25) is 4.57 Å². The van der Waals surface area contributed by atoms with E-state index in [0.29, 0.717) is 6.42 Å². The van der Waals surface area contributed by atoms with Crippen molar-refractivity contribution in [3.63, 3.8) is 0 Å². The SMILES string of the molecule is CCC(C)(Br)C(Cl)(Br)C(Br)P(=O)(O)O. The Morgan fingerprint density at radius 1 is 1.50 bits per heavy atom. The second-order valence-electron chi connectivity index (χ2n) is 3.10. The van der Waals surface area contributed by atoms with Gasteiger partial charge in [0, 0.05) is 0 Å². The molecule has 0 fully saturated rings. The molecule has 0 aromatic heterocycles. The monoisotopic (exact) mass is 434 g/mol. The van der Waals surface area contributed by atoms with Crippen molar-refractivity contribution >= 4 is 67.0 Å². The van der Waals surface area contributed by atoms with Crippen LogP contribution < -0.4 is 0 Å². The second kappa shape index (κ2) is 5.03. The molecule has 0 aromatic carbocycles. The molecule has 0 aliphatic rings. The van der Waals surface area contributed by atoms with Crippen molar-refractivity contribution in [3.8, 4) is 0 Å². The third kappa shape index (κ3) is 3.44. The summed E-state index contributed by atoms with van der Waals surface area (Å²) in [4.78, 5) is 18.0. The van der Waals surface area contributed by atoms with Gasteiger partial charge in [-0.15, -0.1) is 11.6 Å². The topological polar surface area (TPSA) is 57.5 Å². The first kappa shape index (κ1) is 15.9. The van der Waals surface area contributed by atoms with Crippen molar-refractivity contribution < 1.29 is 14.4 Å². The summed E-state index contributed by atoms with van der Waals surface area (Å²) in [6.07, 6.45) is 0.615. The van der Waals surface area contributed by atoms with Gasteiger partial charge in [0.05, 0.1) is 4.32 Å². The van der Waals surface area contributed by atoms with Crippen molar-refractivity contribution in [1.82, 2.24) is 0 Å². The number of hydrogen-bond acceptors (Lipinski definition) is 1. The fraction of sp³-hybridized carbons (Fsp3) is 1.00. The minimum Gasteiger partial charge on any atom is -0.324 e. The third-order valence-corrected chi connectivity index (χ3v) is 10.5. The van der Waals surface area contributed by atoms with Crippen LogP contribution in [0, 0.1) is 0 Å². The molecule has 0 rings (SSSR count). The summed E-state index contributed by atoms with van der Waals surface area (Å²) in [5, 5.41) is 0. The lowest BCUT2D eigenvalue weighted by atomic mass is 10.1. The van der Waals surface area contributed by atoms with Crippen LogP contribution in [0.5, 0.6) is 0 Å². The molecule has 14 heavy (non-hydrogen) atoms. The highest BCUT2D eigenvalue weighted by Gasteiger charge is 2.53. The van der Waals surface area contributed by atoms with Crippen LogP contribution in [0.1, 0.15) is 20.3 Å². The molecule has 86 valence electrons. The molecular formula is C6H11Br3ClO3P. The minimum absolute atomic E-state index is 0.615. The summed E-state index contributed by atoms with van der Waals surface area (Å²) < 4.78 is 8.01. The maximum atomic E-state index is 11.1. The van der Waals surface area contributed by atoms with Gasteiger partial charge in [-0.05, 0) is 13.3 Å². The summed E-state index contributed by atoms with van der Waals surface area (Å²) in [5.41, 5.74) is 0. The maximum absolute atomic E-state index is 11.1. The molecule has 8 heteroatoms. The molecule has 0 saturated heterocycles. The molecule has 0 aromatic rings. The average Bonchev–Trinajstić information content (AvgIpc) is 2.01. The lowest BCUT2D eigenvalue weighted by Gasteiger charge is -2.38. The number of alkyl halides is 4. The highest BCUT2D eigenvalue weighted by Crippen LogP contribution is 2.60. The van der Waals surface area contributed by atoms with E-state index in [4.69, 9.17) is 21.4 Å². The zero-order valence-corrected chi connectivity index (χ0v) is 14.0. The van der Waals surface area contributed by atoms with Gasteiger partial charge in [-0.25, -0.2) is 0 Å². The van der Waals surface area contributed by atoms with Crippen LogP contribution >= 0.6 is 67.0 Å². The fourth-order valence-corrected chi connectivity index (χ4v) is 4.22. The van der Waals surface area contributed by atoms with Crippen LogP contribution in [0.3, 0.4) is 0 Å². The zero-order chi connectivity index (χ0) is 11.8. The van der Waals surface area contributed by atoms with E-state index < -0.39 is 20.3 Å². The Bertz CT molecular complexity index is 253. The van der Waals surface area contributed by atoms with Crippen molar-refractivity contribution in [2.45, 2.75) is 32.9 Å². The third-order valence-electron chi connectivity index (χ3n) is 1.95. The smallest absolute Gasteiger partial charge is 0.324 e. The Hall–Kier alpha value is 1.88. The fourth-order valence-electron chi connectivity index (χ4n) is 0.695. The molecule has 0 spiro atoms. The van der Waals surface area contributed by atoms with Gasteiger partial charge in [0.15, 0.2) is 0 Å². The standard InChI is InChI=1S/C6H11Br3ClO3P/c1-3-5(2,8)6(9,10)4(7)14(11,12)13/h4H,3H2,1-2H3,(H2,11,12,13). The largest absolute Gasteiger partial charge is 0.341 e. The van der Waals surface area contributed by atoms with Crippen LogP contribution in [0.15, 0.2) is 0 Å². The Balaban J connectivity index is 5.06. The van der Waals surface area contributed by atoms with Gasteiger partial charge >= 0.3 is 7.60 Å². The molecule has 0 radical (unpaired) electrons. The lowest BCUT2D eigenvalue weighted by Crippen LogP contribution is -2.44. The molecule has 3 unspecified atom stereocenters. The summed E-state index contributed by atoms with van der Waals surface area (Å²) in [6, 6.07) is 0. The Morgan fingerprint density at radius 2 is 1.86 bits per heavy atom. The van der Waals surface area contributed by atoms with Gasteiger partial charge in [-0.2, -0.15) is 0 Å². The second-order valence-corrected chi connectivity index (χ2v) is 10.5. The van der Waals surface area contributed by atoms with Gasteiger partial charge in [0.2, 0.25) is 0 Å². The molecule has 2 N–H and O–H groups in total. The predicted octanol–water partition coefficient (Wildman–Crippen LogP) is 3.78. The van der Waals surface area contributed by atoms with E-state index in [0.717, 1.165) is 0 Å². The maximum Gasteiger partial charge on any atom is 0.341 e. The van der Waals surface area contributed by atoms with Gasteiger partial charge in [0.25, 0.3) is 0 Å². The summed E-state index contributed by atoms with van der Waals surface area (Å²) in [7, 11) is -4.28. The molecule has 3 atom stereocenters. The number of rotatable bonds is 4. The van der Waals surface area contributed by atoms with E-state index in [-0.39, 0.29) is 0 Å². The molecule has 0 aliphatic heterocycles. The normalized spacial score (nSPS) is 23.7. The molecule has 0 aliphatic carbocycles. The zero-order valence-electron chi connectivity index (χ0n) is 7.55. The predicted molar refractivity (Wildman–Crippen MR) is 69.9 cm³/mol. The average molecular weight is 437 g/mol. The first-order valence-corrected chi connectivity index (χ1v) is 8.29. The molecular weight excluding hydrogens is 426 g/mol. The molecule has 0 saturated carbocycles. The summed E-state index contributed by atoms with van der Waals surface area (Å²) in [6.45, 7) is 3.63. The molecule has 0 amide bonds. The first-order chi connectivity index (χ1) is 5.97. The van der Waals surface area contributed by atoms with Gasteiger partial charge in [0.1, 0.15) is 8.35 Å². The number of hydrogen-bond donors (Lipinski definition) is 2. The molecule has 3 nitrogen and oxygen atoms in total. The van der Waals surface area contributed by atoms with Crippen molar-refractivity contribution in [3.05, 3.63) is 0 Å². The number of halogens is 4. The van der Waals surface area contributed by atoms with Crippen molar-refractivity contribution in [1.29, 1.82) is 0 Å². The molecule has 0 heterocycles. The van der Waals surface area contributed by atoms with Crippen molar-refractivity contribution in [2.75, 3.05) is 0 Å². The van der Waals surface area contributed by atoms with Crippen LogP contribution in [0.2, 0.25) is 0 Å². The van der Waals surface area contributed by atoms with Crippen molar-refractivity contribution in [2.24, 2.45) is 0 Å². The van der Waals surface area contributed by atoms with Gasteiger partial charge < -0.3 is 9.79 Å². The van der Waals surface area contributed by atoms with E-state index in [1.54, 1.807) is 6.92 Å². The van der Waals surface area contributed by atoms with Gasteiger partial charge in [-0.1, -0.05) is 54.7 Å². The highest BCUT2D eigenvalue weighted by molar-refractivity contribution is 9.15. The van der Waals surface area contributed by atoms with E-state index in [1.807, 2.05) is 6.92 Å². The first-order valence-electron chi connectivity index (χ1n) is 3.73. The van der Waals surface area contributed by atoms with Crippen LogP contribution in [0.25, 0.3) is 0 Å². The van der Waals surface area contributed by atoms with E-state index >= 15 is 0 Å². The van der Waals surface area contributed by atoms with E-state index in [9.17, 15) is 4.57 Å².